The number of thiophene rings is 2. The van der Waals surface area contributed by atoms with Crippen LogP contribution in [-0.4, -0.2) is 48.7 Å². The van der Waals surface area contributed by atoms with Gasteiger partial charge in [-0.15, -0.1) is 22.7 Å². The van der Waals surface area contributed by atoms with Crippen molar-refractivity contribution in [3.8, 4) is 0 Å². The van der Waals surface area contributed by atoms with Gasteiger partial charge in [0, 0.05) is 22.5 Å². The molecule has 0 saturated carbocycles. The second-order valence-corrected chi connectivity index (χ2v) is 7.21. The first-order chi connectivity index (χ1) is 8.87. The number of carbonyl (C=O) groups excluding carboxylic acids is 1. The minimum Gasteiger partial charge on any atom is -0.387 e. The van der Waals surface area contributed by atoms with Crippen LogP contribution >= 0.6 is 22.7 Å². The molecule has 19 heavy (non-hydrogen) atoms. The molecule has 1 unspecified atom stereocenters. The lowest BCUT2D eigenvalue weighted by Crippen LogP contribution is -2.47. The number of nitrogens with one attached hydrogen (secondary N) is 1. The van der Waals surface area contributed by atoms with Crippen LogP contribution in [0.5, 0.6) is 0 Å². The molecule has 0 aromatic carbocycles. The predicted octanol–water partition coefficient (Wildman–Crippen LogP) is 2.01. The number of hydrogen-bond acceptors (Lipinski definition) is 5. The fraction of sp³-hybridized carbons (Fsp3) is 0.462. The predicted molar refractivity (Wildman–Crippen MR) is 81.2 cm³/mol. The van der Waals surface area contributed by atoms with E-state index in [2.05, 4.69) is 5.32 Å². The lowest BCUT2D eigenvalue weighted by atomic mass is 10.1. The Hall–Kier alpha value is -0.950. The second kappa shape index (κ2) is 5.58. The number of aliphatic hydroxyl groups is 1. The quantitative estimate of drug-likeness (QED) is 0.888. The van der Waals surface area contributed by atoms with Crippen molar-refractivity contribution in [2.24, 2.45) is 0 Å². The minimum absolute atomic E-state index is 0.118. The molecule has 104 valence electrons. The smallest absolute Gasteiger partial charge is 0.261 e. The lowest BCUT2D eigenvalue weighted by molar-refractivity contribution is 0.0326. The third-order valence-electron chi connectivity index (χ3n) is 2.65. The van der Waals surface area contributed by atoms with E-state index in [1.807, 2.05) is 36.5 Å². The van der Waals surface area contributed by atoms with E-state index in [4.69, 9.17) is 0 Å². The molecule has 0 saturated heterocycles. The number of nitrogens with zero attached hydrogens (tertiary/aromatic N) is 1. The van der Waals surface area contributed by atoms with Crippen molar-refractivity contribution in [3.05, 3.63) is 22.4 Å². The molecular weight excluding hydrogens is 280 g/mol. The zero-order valence-corrected chi connectivity index (χ0v) is 12.9. The maximum Gasteiger partial charge on any atom is 0.261 e. The average Bonchev–Trinajstić information content (AvgIpc) is 2.83. The number of fused-ring (bicyclic) bond motifs is 1. The Morgan fingerprint density at radius 3 is 2.84 bits per heavy atom. The maximum absolute atomic E-state index is 12.0. The Balaban J connectivity index is 1.96. The van der Waals surface area contributed by atoms with Gasteiger partial charge >= 0.3 is 0 Å². The van der Waals surface area contributed by atoms with Gasteiger partial charge in [-0.1, -0.05) is 0 Å². The molecule has 1 atom stereocenters. The fourth-order valence-electron chi connectivity index (χ4n) is 1.97. The summed E-state index contributed by atoms with van der Waals surface area (Å²) in [6.45, 7) is 2.47. The second-order valence-electron chi connectivity index (χ2n) is 5.18. The van der Waals surface area contributed by atoms with Crippen LogP contribution in [0, 0.1) is 0 Å². The summed E-state index contributed by atoms with van der Waals surface area (Å²) in [5.74, 6) is -0.118. The van der Waals surface area contributed by atoms with Crippen LogP contribution in [-0.2, 0) is 0 Å². The van der Waals surface area contributed by atoms with Crippen LogP contribution < -0.4 is 5.32 Å². The van der Waals surface area contributed by atoms with Crippen LogP contribution in [0.3, 0.4) is 0 Å². The van der Waals surface area contributed by atoms with Gasteiger partial charge in [-0.3, -0.25) is 4.79 Å². The Kier molecular flexibility index (Phi) is 4.25. The van der Waals surface area contributed by atoms with Crippen LogP contribution in [0.4, 0.5) is 0 Å². The first-order valence-electron chi connectivity index (χ1n) is 6.00. The summed E-state index contributed by atoms with van der Waals surface area (Å²) >= 11 is 3.11. The molecule has 0 aliphatic carbocycles. The summed E-state index contributed by atoms with van der Waals surface area (Å²) < 4.78 is 2.27. The lowest BCUT2D eigenvalue weighted by Gasteiger charge is -2.26. The van der Waals surface area contributed by atoms with Crippen molar-refractivity contribution in [3.63, 3.8) is 0 Å². The van der Waals surface area contributed by atoms with Gasteiger partial charge in [0.1, 0.15) is 0 Å². The molecule has 4 nitrogen and oxygen atoms in total. The van der Waals surface area contributed by atoms with Crippen molar-refractivity contribution in [1.29, 1.82) is 0 Å². The summed E-state index contributed by atoms with van der Waals surface area (Å²) in [7, 11) is 3.79. The van der Waals surface area contributed by atoms with E-state index < -0.39 is 5.60 Å². The van der Waals surface area contributed by atoms with Gasteiger partial charge in [0.15, 0.2) is 0 Å². The Morgan fingerprint density at radius 2 is 2.21 bits per heavy atom. The SMILES string of the molecule is CN(C)CC(C)(O)CNC(=O)c1cc2sccc2s1. The third kappa shape index (κ3) is 3.76. The number of likely N-dealkylation sites (N-methyl/N-ethyl adjacent to an activating group) is 1. The molecule has 1 amide bonds. The number of carbonyl (C=O) groups is 1. The first kappa shape index (κ1) is 14.5. The third-order valence-corrected chi connectivity index (χ3v) is 4.74. The molecule has 2 aromatic rings. The topological polar surface area (TPSA) is 52.6 Å². The highest BCUT2D eigenvalue weighted by atomic mass is 32.1. The average molecular weight is 298 g/mol. The normalized spacial score (nSPS) is 14.8. The van der Waals surface area contributed by atoms with E-state index in [0.717, 1.165) is 9.40 Å². The highest BCUT2D eigenvalue weighted by molar-refractivity contribution is 7.27. The largest absolute Gasteiger partial charge is 0.387 e. The van der Waals surface area contributed by atoms with Crippen molar-refractivity contribution in [1.82, 2.24) is 10.2 Å². The Bertz CT molecular complexity index is 543. The zero-order valence-electron chi connectivity index (χ0n) is 11.3. The zero-order chi connectivity index (χ0) is 14.0. The minimum atomic E-state index is -0.923. The van der Waals surface area contributed by atoms with E-state index in [1.165, 1.54) is 11.3 Å². The molecule has 2 rings (SSSR count). The van der Waals surface area contributed by atoms with Crippen LogP contribution in [0.2, 0.25) is 0 Å². The summed E-state index contributed by atoms with van der Waals surface area (Å²) in [5, 5.41) is 14.9. The summed E-state index contributed by atoms with van der Waals surface area (Å²) in [4.78, 5) is 14.6. The van der Waals surface area contributed by atoms with Crippen molar-refractivity contribution >= 4 is 38.0 Å². The molecule has 6 heteroatoms. The van der Waals surface area contributed by atoms with Crippen molar-refractivity contribution in [2.45, 2.75) is 12.5 Å². The fourth-order valence-corrected chi connectivity index (χ4v) is 4.00. The van der Waals surface area contributed by atoms with Gasteiger partial charge in [0.25, 0.3) is 5.91 Å². The van der Waals surface area contributed by atoms with E-state index in [1.54, 1.807) is 18.3 Å². The molecule has 2 heterocycles. The van der Waals surface area contributed by atoms with Gasteiger partial charge < -0.3 is 15.3 Å². The van der Waals surface area contributed by atoms with Crippen LogP contribution in [0.25, 0.3) is 9.40 Å². The number of amides is 1. The number of rotatable bonds is 5. The molecule has 0 fully saturated rings. The van der Waals surface area contributed by atoms with E-state index in [-0.39, 0.29) is 12.5 Å². The molecular formula is C13H18N2O2S2. The molecule has 2 N–H and O–H groups in total. The van der Waals surface area contributed by atoms with Gasteiger partial charge in [0.2, 0.25) is 0 Å². The van der Waals surface area contributed by atoms with Gasteiger partial charge in [0.05, 0.1) is 10.5 Å². The maximum atomic E-state index is 12.0. The van der Waals surface area contributed by atoms with Crippen LogP contribution in [0.1, 0.15) is 16.6 Å². The summed E-state index contributed by atoms with van der Waals surface area (Å²) in [5.41, 5.74) is -0.923. The first-order valence-corrected chi connectivity index (χ1v) is 7.69. The standard InChI is InChI=1S/C13H18N2O2S2/c1-13(17,8-15(2)3)7-14-12(16)11-6-10-9(19-11)4-5-18-10/h4-6,17H,7-8H2,1-3H3,(H,14,16). The van der Waals surface area contributed by atoms with Gasteiger partial charge in [-0.2, -0.15) is 0 Å². The highest BCUT2D eigenvalue weighted by Crippen LogP contribution is 2.29. The van der Waals surface area contributed by atoms with Crippen molar-refractivity contribution < 1.29 is 9.90 Å². The molecule has 0 aliphatic heterocycles. The molecule has 0 spiro atoms. The molecule has 0 aliphatic rings. The monoisotopic (exact) mass is 298 g/mol. The summed E-state index contributed by atoms with van der Waals surface area (Å²) in [6, 6.07) is 3.92. The summed E-state index contributed by atoms with van der Waals surface area (Å²) in [6.07, 6.45) is 0. The van der Waals surface area contributed by atoms with Crippen molar-refractivity contribution in [2.75, 3.05) is 27.2 Å². The van der Waals surface area contributed by atoms with E-state index in [9.17, 15) is 9.90 Å². The molecule has 0 bridgehead atoms. The Morgan fingerprint density at radius 1 is 1.47 bits per heavy atom. The molecule has 0 radical (unpaired) electrons. The van der Waals surface area contributed by atoms with Gasteiger partial charge in [-0.05, 0) is 38.5 Å². The van der Waals surface area contributed by atoms with Crippen LogP contribution in [0.15, 0.2) is 17.5 Å². The van der Waals surface area contributed by atoms with E-state index >= 15 is 0 Å². The van der Waals surface area contributed by atoms with E-state index in [0.29, 0.717) is 11.4 Å². The number of hydrogen-bond donors (Lipinski definition) is 2. The Labute approximate surface area is 120 Å². The molecule has 2 aromatic heterocycles. The highest BCUT2D eigenvalue weighted by Gasteiger charge is 2.22. The van der Waals surface area contributed by atoms with Gasteiger partial charge in [-0.25, -0.2) is 0 Å².